The lowest BCUT2D eigenvalue weighted by Gasteiger charge is -2.15. The number of benzene rings is 3. The summed E-state index contributed by atoms with van der Waals surface area (Å²) in [6, 6.07) is 21.7. The number of anilines is 2. The van der Waals surface area contributed by atoms with Crippen LogP contribution in [0.3, 0.4) is 0 Å². The highest BCUT2D eigenvalue weighted by Crippen LogP contribution is 2.22. The van der Waals surface area contributed by atoms with Crippen LogP contribution in [0.25, 0.3) is 16.6 Å². The van der Waals surface area contributed by atoms with Gasteiger partial charge in [0.15, 0.2) is 0 Å². The van der Waals surface area contributed by atoms with Crippen molar-refractivity contribution in [2.45, 2.75) is 6.61 Å². The average molecular weight is 378 g/mol. The molecule has 6 heteroatoms. The molecule has 0 aliphatic carbocycles. The quantitative estimate of drug-likeness (QED) is 0.557. The summed E-state index contributed by atoms with van der Waals surface area (Å²) >= 11 is 6.08. The number of aliphatic hydroxyl groups is 1. The first kappa shape index (κ1) is 17.3. The molecule has 2 N–H and O–H groups in total. The van der Waals surface area contributed by atoms with Crippen molar-refractivity contribution < 1.29 is 5.11 Å². The van der Waals surface area contributed by atoms with E-state index in [1.54, 1.807) is 42.5 Å². The van der Waals surface area contributed by atoms with Gasteiger partial charge in [-0.2, -0.15) is 0 Å². The Hall–Kier alpha value is -3.15. The monoisotopic (exact) mass is 377 g/mol. The Morgan fingerprint density at radius 2 is 1.74 bits per heavy atom. The summed E-state index contributed by atoms with van der Waals surface area (Å²) in [4.78, 5) is 17.9. The number of halogens is 1. The van der Waals surface area contributed by atoms with E-state index in [9.17, 15) is 9.90 Å². The molecule has 0 unspecified atom stereocenters. The van der Waals surface area contributed by atoms with Gasteiger partial charge in [-0.25, -0.2) is 9.55 Å². The molecule has 4 rings (SSSR count). The molecule has 5 nitrogen and oxygen atoms in total. The van der Waals surface area contributed by atoms with Crippen LogP contribution in [0.15, 0.2) is 77.6 Å². The van der Waals surface area contributed by atoms with Crippen molar-refractivity contribution >= 4 is 34.1 Å². The number of hydrogen-bond acceptors (Lipinski definition) is 4. The molecule has 1 aromatic heterocycles. The van der Waals surface area contributed by atoms with Crippen LogP contribution in [0.2, 0.25) is 5.02 Å². The van der Waals surface area contributed by atoms with E-state index in [2.05, 4.69) is 10.3 Å². The Labute approximate surface area is 160 Å². The van der Waals surface area contributed by atoms with Gasteiger partial charge in [-0.15, -0.1) is 0 Å². The molecule has 0 saturated heterocycles. The molecule has 0 saturated carbocycles. The zero-order chi connectivity index (χ0) is 18.8. The van der Waals surface area contributed by atoms with Gasteiger partial charge in [-0.1, -0.05) is 41.9 Å². The third-order valence-corrected chi connectivity index (χ3v) is 4.47. The van der Waals surface area contributed by atoms with E-state index in [0.29, 0.717) is 27.6 Å². The van der Waals surface area contributed by atoms with Crippen molar-refractivity contribution in [3.8, 4) is 5.69 Å². The maximum absolute atomic E-state index is 13.2. The lowest BCUT2D eigenvalue weighted by atomic mass is 10.2. The lowest BCUT2D eigenvalue weighted by molar-refractivity contribution is 0.282. The summed E-state index contributed by atoms with van der Waals surface area (Å²) in [5.41, 5.74) is 2.56. The molecule has 3 aromatic carbocycles. The summed E-state index contributed by atoms with van der Waals surface area (Å²) in [6.45, 7) is -0.0596. The van der Waals surface area contributed by atoms with Crippen LogP contribution < -0.4 is 10.9 Å². The predicted octanol–water partition coefficient (Wildman–Crippen LogP) is 4.28. The molecule has 0 bridgehead atoms. The molecule has 134 valence electrons. The second kappa shape index (κ2) is 7.23. The molecular weight excluding hydrogens is 362 g/mol. The predicted molar refractivity (Wildman–Crippen MR) is 108 cm³/mol. The van der Waals surface area contributed by atoms with E-state index < -0.39 is 0 Å². The van der Waals surface area contributed by atoms with Crippen LogP contribution in [0, 0.1) is 0 Å². The Morgan fingerprint density at radius 3 is 2.44 bits per heavy atom. The minimum Gasteiger partial charge on any atom is -0.392 e. The van der Waals surface area contributed by atoms with E-state index >= 15 is 0 Å². The van der Waals surface area contributed by atoms with Crippen LogP contribution in [0.4, 0.5) is 11.6 Å². The zero-order valence-electron chi connectivity index (χ0n) is 14.3. The number of rotatable bonds is 4. The van der Waals surface area contributed by atoms with E-state index in [1.165, 1.54) is 4.57 Å². The summed E-state index contributed by atoms with van der Waals surface area (Å²) in [5.74, 6) is 0.401. The maximum atomic E-state index is 13.2. The van der Waals surface area contributed by atoms with E-state index in [4.69, 9.17) is 11.6 Å². The number of nitrogens with one attached hydrogen (secondary N) is 1. The minimum absolute atomic E-state index is 0.0596. The molecule has 0 fully saturated rings. The van der Waals surface area contributed by atoms with Gasteiger partial charge >= 0.3 is 0 Å². The van der Waals surface area contributed by atoms with Crippen LogP contribution in [-0.2, 0) is 6.61 Å². The first-order valence-corrected chi connectivity index (χ1v) is 8.78. The molecule has 27 heavy (non-hydrogen) atoms. The highest BCUT2D eigenvalue weighted by molar-refractivity contribution is 6.31. The highest BCUT2D eigenvalue weighted by atomic mass is 35.5. The number of nitrogens with zero attached hydrogens (tertiary/aromatic N) is 2. The molecule has 1 heterocycles. The van der Waals surface area contributed by atoms with Gasteiger partial charge in [0.2, 0.25) is 5.95 Å². The van der Waals surface area contributed by atoms with Gasteiger partial charge < -0.3 is 10.4 Å². The molecule has 0 aliphatic rings. The van der Waals surface area contributed by atoms with Crippen molar-refractivity contribution in [3.63, 3.8) is 0 Å². The first-order chi connectivity index (χ1) is 13.2. The van der Waals surface area contributed by atoms with Crippen LogP contribution in [-0.4, -0.2) is 14.7 Å². The smallest absolute Gasteiger partial charge is 0.267 e. The lowest BCUT2D eigenvalue weighted by Crippen LogP contribution is -2.22. The standard InChI is InChI=1S/C21H16ClN3O2/c22-15-8-11-19-18(12-15)20(27)25(17-9-6-14(13-26)7-10-17)21(24-19)23-16-4-2-1-3-5-16/h1-12,26H,13H2,(H,23,24). The topological polar surface area (TPSA) is 67.2 Å². The molecule has 0 radical (unpaired) electrons. The van der Waals surface area contributed by atoms with Crippen molar-refractivity contribution in [2.75, 3.05) is 5.32 Å². The average Bonchev–Trinajstić information content (AvgIpc) is 2.70. The molecule has 0 atom stereocenters. The first-order valence-electron chi connectivity index (χ1n) is 8.40. The molecule has 0 aliphatic heterocycles. The minimum atomic E-state index is -0.224. The van der Waals surface area contributed by atoms with Gasteiger partial charge in [-0.05, 0) is 48.0 Å². The second-order valence-corrected chi connectivity index (χ2v) is 6.49. The van der Waals surface area contributed by atoms with Crippen molar-refractivity contribution in [3.05, 3.63) is 93.7 Å². The Kier molecular flexibility index (Phi) is 4.62. The third-order valence-electron chi connectivity index (χ3n) is 4.24. The summed E-state index contributed by atoms with van der Waals surface area (Å²) in [6.07, 6.45) is 0. The number of hydrogen-bond donors (Lipinski definition) is 2. The number of aliphatic hydroxyl groups excluding tert-OH is 1. The van der Waals surface area contributed by atoms with E-state index in [1.807, 2.05) is 30.3 Å². The molecule has 0 amide bonds. The third kappa shape index (κ3) is 3.43. The Bertz CT molecular complexity index is 1160. The normalized spacial score (nSPS) is 10.9. The molecular formula is C21H16ClN3O2. The van der Waals surface area contributed by atoms with E-state index in [0.717, 1.165) is 11.3 Å². The maximum Gasteiger partial charge on any atom is 0.267 e. The van der Waals surface area contributed by atoms with Crippen molar-refractivity contribution in [2.24, 2.45) is 0 Å². The van der Waals surface area contributed by atoms with Gasteiger partial charge in [0.1, 0.15) is 0 Å². The van der Waals surface area contributed by atoms with Crippen molar-refractivity contribution in [1.29, 1.82) is 0 Å². The van der Waals surface area contributed by atoms with Crippen LogP contribution >= 0.6 is 11.6 Å². The Morgan fingerprint density at radius 1 is 1.00 bits per heavy atom. The van der Waals surface area contributed by atoms with Crippen molar-refractivity contribution in [1.82, 2.24) is 9.55 Å². The van der Waals surface area contributed by atoms with Gasteiger partial charge in [-0.3, -0.25) is 4.79 Å². The summed E-state index contributed by atoms with van der Waals surface area (Å²) in [5, 5.41) is 13.4. The zero-order valence-corrected chi connectivity index (χ0v) is 15.0. The van der Waals surface area contributed by atoms with Crippen LogP contribution in [0.5, 0.6) is 0 Å². The van der Waals surface area contributed by atoms with Gasteiger partial charge in [0.25, 0.3) is 5.56 Å². The number of fused-ring (bicyclic) bond motifs is 1. The van der Waals surface area contributed by atoms with E-state index in [-0.39, 0.29) is 12.2 Å². The second-order valence-electron chi connectivity index (χ2n) is 6.05. The largest absolute Gasteiger partial charge is 0.392 e. The number of para-hydroxylation sites is 1. The number of aromatic nitrogens is 2. The van der Waals surface area contributed by atoms with Crippen LogP contribution in [0.1, 0.15) is 5.56 Å². The summed E-state index contributed by atoms with van der Waals surface area (Å²) < 4.78 is 1.51. The Balaban J connectivity index is 1.95. The fourth-order valence-electron chi connectivity index (χ4n) is 2.88. The molecule has 4 aromatic rings. The highest BCUT2D eigenvalue weighted by Gasteiger charge is 2.13. The fourth-order valence-corrected chi connectivity index (χ4v) is 3.05. The van der Waals surface area contributed by atoms with Gasteiger partial charge in [0, 0.05) is 10.7 Å². The summed E-state index contributed by atoms with van der Waals surface area (Å²) in [7, 11) is 0. The van der Waals surface area contributed by atoms with Gasteiger partial charge in [0.05, 0.1) is 23.2 Å². The fraction of sp³-hybridized carbons (Fsp3) is 0.0476. The SMILES string of the molecule is O=c1c2cc(Cl)ccc2nc(Nc2ccccc2)n1-c1ccc(CO)cc1. The molecule has 0 spiro atoms.